The van der Waals surface area contributed by atoms with Crippen molar-refractivity contribution in [1.82, 2.24) is 20.4 Å². The second kappa shape index (κ2) is 5.79. The van der Waals surface area contributed by atoms with Gasteiger partial charge in [0.25, 0.3) is 0 Å². The number of urea groups is 1. The van der Waals surface area contributed by atoms with E-state index in [1.54, 1.807) is 16.8 Å². The van der Waals surface area contributed by atoms with Crippen LogP contribution in [0.25, 0.3) is 0 Å². The molecule has 2 atom stereocenters. The normalized spacial score (nSPS) is 17.9. The lowest BCUT2D eigenvalue weighted by molar-refractivity contribution is 0.233. The van der Waals surface area contributed by atoms with Crippen LogP contribution in [0.2, 0.25) is 0 Å². The van der Waals surface area contributed by atoms with Gasteiger partial charge in [0.15, 0.2) is 0 Å². The summed E-state index contributed by atoms with van der Waals surface area (Å²) in [7, 11) is 1.84. The highest BCUT2D eigenvalue weighted by atomic mass is 19.1. The van der Waals surface area contributed by atoms with Crippen LogP contribution in [-0.2, 0) is 13.5 Å². The summed E-state index contributed by atoms with van der Waals surface area (Å²) < 4.78 is 14.9. The summed E-state index contributed by atoms with van der Waals surface area (Å²) in [6, 6.07) is 6.14. The predicted octanol–water partition coefficient (Wildman–Crippen LogP) is 2.61. The first-order valence-corrected chi connectivity index (χ1v) is 7.38. The smallest absolute Gasteiger partial charge is 0.315 e. The Labute approximate surface area is 128 Å². The maximum Gasteiger partial charge on any atom is 0.315 e. The Bertz CT molecular complexity index is 697. The molecule has 1 aliphatic carbocycles. The van der Waals surface area contributed by atoms with Crippen molar-refractivity contribution in [1.29, 1.82) is 0 Å². The van der Waals surface area contributed by atoms with E-state index in [2.05, 4.69) is 15.7 Å². The molecule has 1 heterocycles. The average molecular weight is 302 g/mol. The summed E-state index contributed by atoms with van der Waals surface area (Å²) >= 11 is 0. The largest absolute Gasteiger partial charge is 0.331 e. The van der Waals surface area contributed by atoms with E-state index in [1.807, 2.05) is 26.2 Å². The Balaban J connectivity index is 1.61. The third kappa shape index (κ3) is 2.95. The number of carbonyl (C=O) groups excluding carboxylic acids is 1. The highest BCUT2D eigenvalue weighted by molar-refractivity contribution is 5.75. The van der Waals surface area contributed by atoms with E-state index >= 15 is 0 Å². The van der Waals surface area contributed by atoms with Crippen LogP contribution in [-0.4, -0.2) is 15.8 Å². The number of hydrogen-bond acceptors (Lipinski definition) is 2. The van der Waals surface area contributed by atoms with Gasteiger partial charge in [0.2, 0.25) is 0 Å². The molecule has 0 radical (unpaired) electrons. The first kappa shape index (κ1) is 14.6. The van der Waals surface area contributed by atoms with Gasteiger partial charge in [-0.25, -0.2) is 9.18 Å². The van der Waals surface area contributed by atoms with Crippen LogP contribution in [0.3, 0.4) is 0 Å². The molecular formula is C16H19FN4O. The molecule has 0 aliphatic heterocycles. The lowest BCUT2D eigenvalue weighted by Gasteiger charge is -2.17. The first-order valence-electron chi connectivity index (χ1n) is 7.38. The number of halogens is 1. The number of aryl methyl sites for hydroxylation is 2. The quantitative estimate of drug-likeness (QED) is 0.915. The van der Waals surface area contributed by atoms with Gasteiger partial charge >= 0.3 is 6.03 Å². The van der Waals surface area contributed by atoms with Crippen molar-refractivity contribution in [3.63, 3.8) is 0 Å². The van der Waals surface area contributed by atoms with Gasteiger partial charge in [-0.15, -0.1) is 0 Å². The molecule has 0 bridgehead atoms. The molecule has 2 amide bonds. The topological polar surface area (TPSA) is 59.0 Å². The fraction of sp³-hybridized carbons (Fsp3) is 0.375. The van der Waals surface area contributed by atoms with E-state index in [0.29, 0.717) is 0 Å². The molecule has 1 aliphatic rings. The van der Waals surface area contributed by atoms with Crippen LogP contribution in [0.15, 0.2) is 30.5 Å². The molecule has 5 nitrogen and oxygen atoms in total. The molecule has 2 aromatic rings. The third-order valence-corrected chi connectivity index (χ3v) is 4.01. The SMILES string of the molecule is CC(NC(=O)N[C@@H]1CCc2cc(F)ccc21)c1ccn(C)n1. The predicted molar refractivity (Wildman–Crippen MR) is 80.8 cm³/mol. The molecule has 22 heavy (non-hydrogen) atoms. The molecule has 1 aromatic heterocycles. The van der Waals surface area contributed by atoms with Gasteiger partial charge in [0.1, 0.15) is 5.82 Å². The average Bonchev–Trinajstić information content (AvgIpc) is 3.05. The number of amides is 2. The summed E-state index contributed by atoms with van der Waals surface area (Å²) in [5.41, 5.74) is 2.79. The standard InChI is InChI=1S/C16H19FN4O/c1-10(14-7-8-21(2)20-14)18-16(22)19-15-6-3-11-9-12(17)4-5-13(11)15/h4-5,7-10,15H,3,6H2,1-2H3,(H2,18,19,22)/t10?,15-/m1/s1. The van der Waals surface area contributed by atoms with E-state index in [-0.39, 0.29) is 23.9 Å². The van der Waals surface area contributed by atoms with E-state index in [9.17, 15) is 9.18 Å². The summed E-state index contributed by atoms with van der Waals surface area (Å²) in [5.74, 6) is -0.229. The Morgan fingerprint density at radius 2 is 2.27 bits per heavy atom. The number of carbonyl (C=O) groups is 1. The molecular weight excluding hydrogens is 283 g/mol. The van der Waals surface area contributed by atoms with Crippen LogP contribution < -0.4 is 10.6 Å². The van der Waals surface area contributed by atoms with Crippen molar-refractivity contribution in [3.8, 4) is 0 Å². The van der Waals surface area contributed by atoms with E-state index < -0.39 is 0 Å². The van der Waals surface area contributed by atoms with Gasteiger partial charge in [-0.05, 0) is 49.1 Å². The summed E-state index contributed by atoms with van der Waals surface area (Å²) in [5, 5.41) is 10.1. The highest BCUT2D eigenvalue weighted by Gasteiger charge is 2.24. The lowest BCUT2D eigenvalue weighted by atomic mass is 10.1. The Morgan fingerprint density at radius 3 is 3.00 bits per heavy atom. The molecule has 116 valence electrons. The fourth-order valence-electron chi connectivity index (χ4n) is 2.87. The molecule has 3 rings (SSSR count). The van der Waals surface area contributed by atoms with Crippen LogP contribution in [0, 0.1) is 5.82 Å². The van der Waals surface area contributed by atoms with E-state index in [0.717, 1.165) is 29.7 Å². The summed E-state index contributed by atoms with van der Waals surface area (Å²) in [4.78, 5) is 12.1. The van der Waals surface area contributed by atoms with Crippen molar-refractivity contribution in [2.75, 3.05) is 0 Å². The number of hydrogen-bond donors (Lipinski definition) is 2. The van der Waals surface area contributed by atoms with Gasteiger partial charge in [0, 0.05) is 13.2 Å². The maximum atomic E-state index is 13.2. The number of benzene rings is 1. The second-order valence-corrected chi connectivity index (χ2v) is 5.69. The van der Waals surface area contributed by atoms with Crippen LogP contribution in [0.5, 0.6) is 0 Å². The fourth-order valence-corrected chi connectivity index (χ4v) is 2.87. The summed E-state index contributed by atoms with van der Waals surface area (Å²) in [6.45, 7) is 1.89. The third-order valence-electron chi connectivity index (χ3n) is 4.01. The van der Waals surface area contributed by atoms with Crippen molar-refractivity contribution in [2.24, 2.45) is 7.05 Å². The zero-order chi connectivity index (χ0) is 15.7. The Kier molecular flexibility index (Phi) is 3.83. The van der Waals surface area contributed by atoms with Crippen molar-refractivity contribution < 1.29 is 9.18 Å². The maximum absolute atomic E-state index is 13.2. The molecule has 1 unspecified atom stereocenters. The molecule has 0 saturated heterocycles. The second-order valence-electron chi connectivity index (χ2n) is 5.69. The number of nitrogens with one attached hydrogen (secondary N) is 2. The van der Waals surface area contributed by atoms with Gasteiger partial charge in [-0.3, -0.25) is 4.68 Å². The minimum Gasteiger partial charge on any atom is -0.331 e. The molecule has 2 N–H and O–H groups in total. The van der Waals surface area contributed by atoms with Crippen molar-refractivity contribution in [2.45, 2.75) is 31.8 Å². The van der Waals surface area contributed by atoms with E-state index in [1.165, 1.54) is 6.07 Å². The van der Waals surface area contributed by atoms with Gasteiger partial charge < -0.3 is 10.6 Å². The minimum atomic E-state index is -0.236. The monoisotopic (exact) mass is 302 g/mol. The Hall–Kier alpha value is -2.37. The number of rotatable bonds is 3. The lowest BCUT2D eigenvalue weighted by Crippen LogP contribution is -2.38. The zero-order valence-electron chi connectivity index (χ0n) is 12.6. The van der Waals surface area contributed by atoms with Gasteiger partial charge in [0.05, 0.1) is 17.8 Å². The number of fused-ring (bicyclic) bond motifs is 1. The molecule has 0 fully saturated rings. The Morgan fingerprint density at radius 1 is 1.45 bits per heavy atom. The number of nitrogens with zero attached hydrogens (tertiary/aromatic N) is 2. The highest BCUT2D eigenvalue weighted by Crippen LogP contribution is 2.31. The van der Waals surface area contributed by atoms with Crippen LogP contribution >= 0.6 is 0 Å². The van der Waals surface area contributed by atoms with E-state index in [4.69, 9.17) is 0 Å². The van der Waals surface area contributed by atoms with Crippen molar-refractivity contribution in [3.05, 3.63) is 53.1 Å². The molecule has 0 saturated carbocycles. The number of aromatic nitrogens is 2. The van der Waals surface area contributed by atoms with Crippen LogP contribution in [0.1, 0.15) is 42.2 Å². The van der Waals surface area contributed by atoms with Gasteiger partial charge in [-0.2, -0.15) is 5.10 Å². The summed E-state index contributed by atoms with van der Waals surface area (Å²) in [6.07, 6.45) is 3.42. The van der Waals surface area contributed by atoms with Gasteiger partial charge in [-0.1, -0.05) is 6.07 Å². The van der Waals surface area contributed by atoms with Crippen molar-refractivity contribution >= 4 is 6.03 Å². The zero-order valence-corrected chi connectivity index (χ0v) is 12.6. The molecule has 0 spiro atoms. The molecule has 1 aromatic carbocycles. The first-order chi connectivity index (χ1) is 10.5. The minimum absolute atomic E-state index is 0.0634. The molecule has 6 heteroatoms. The van der Waals surface area contributed by atoms with Crippen LogP contribution in [0.4, 0.5) is 9.18 Å².